The lowest BCUT2D eigenvalue weighted by Gasteiger charge is -2.44. The molecule has 1 aromatic rings. The zero-order valence-corrected chi connectivity index (χ0v) is 10.5. The molecular formula is C14H13NO4. The minimum Gasteiger partial charge on any atom is -0.467 e. The topological polar surface area (TPSA) is 63.7 Å². The maximum Gasteiger partial charge on any atom is 0.330 e. The third-order valence-electron chi connectivity index (χ3n) is 3.88. The van der Waals surface area contributed by atoms with Gasteiger partial charge in [-0.2, -0.15) is 0 Å². The van der Waals surface area contributed by atoms with Gasteiger partial charge < -0.3 is 4.74 Å². The fourth-order valence-electron chi connectivity index (χ4n) is 2.65. The van der Waals surface area contributed by atoms with Gasteiger partial charge in [0.05, 0.1) is 12.5 Å². The van der Waals surface area contributed by atoms with Crippen molar-refractivity contribution in [3.63, 3.8) is 0 Å². The van der Waals surface area contributed by atoms with Crippen LogP contribution in [-0.4, -0.2) is 35.8 Å². The van der Waals surface area contributed by atoms with Gasteiger partial charge in [0.2, 0.25) is 5.91 Å². The fraction of sp³-hybridized carbons (Fsp3) is 0.357. The van der Waals surface area contributed by atoms with Crippen molar-refractivity contribution in [1.29, 1.82) is 0 Å². The number of β-lactam (4-membered cyclic amide) rings is 1. The molecule has 1 aromatic carbocycles. The molecule has 2 aliphatic rings. The second-order valence-electron chi connectivity index (χ2n) is 4.93. The Labute approximate surface area is 110 Å². The summed E-state index contributed by atoms with van der Waals surface area (Å²) >= 11 is 0. The van der Waals surface area contributed by atoms with Crippen LogP contribution in [0.25, 0.3) is 0 Å². The molecule has 1 saturated heterocycles. The molecule has 1 aliphatic carbocycles. The molecule has 1 aliphatic heterocycles. The van der Waals surface area contributed by atoms with E-state index in [2.05, 4.69) is 0 Å². The van der Waals surface area contributed by atoms with Crippen LogP contribution in [0.4, 0.5) is 0 Å². The van der Waals surface area contributed by atoms with Gasteiger partial charge in [-0.15, -0.1) is 0 Å². The maximum absolute atomic E-state index is 12.3. The van der Waals surface area contributed by atoms with Gasteiger partial charge in [0.15, 0.2) is 6.04 Å². The van der Waals surface area contributed by atoms with Crippen LogP contribution in [0.2, 0.25) is 0 Å². The van der Waals surface area contributed by atoms with E-state index in [-0.39, 0.29) is 5.91 Å². The molecule has 19 heavy (non-hydrogen) atoms. The van der Waals surface area contributed by atoms with Crippen LogP contribution in [0, 0.1) is 5.41 Å². The first kappa shape index (κ1) is 11.9. The molecule has 98 valence electrons. The van der Waals surface area contributed by atoms with E-state index in [9.17, 15) is 14.4 Å². The molecule has 1 saturated carbocycles. The highest BCUT2D eigenvalue weighted by molar-refractivity contribution is 6.16. The van der Waals surface area contributed by atoms with Crippen LogP contribution in [0.1, 0.15) is 23.2 Å². The predicted octanol–water partition coefficient (Wildman–Crippen LogP) is 0.991. The highest BCUT2D eigenvalue weighted by Gasteiger charge is 2.72. The molecule has 0 bridgehead atoms. The number of hydrogen-bond acceptors (Lipinski definition) is 4. The largest absolute Gasteiger partial charge is 0.467 e. The minimum atomic E-state index is -0.752. The first-order valence-corrected chi connectivity index (χ1v) is 6.13. The maximum atomic E-state index is 12.3. The highest BCUT2D eigenvalue weighted by atomic mass is 16.5. The summed E-state index contributed by atoms with van der Waals surface area (Å²) in [6.45, 7) is 0. The number of ether oxygens (including phenoxy) is 1. The lowest BCUT2D eigenvalue weighted by Crippen LogP contribution is -2.68. The van der Waals surface area contributed by atoms with Crippen molar-refractivity contribution in [2.24, 2.45) is 5.41 Å². The average molecular weight is 259 g/mol. The van der Waals surface area contributed by atoms with E-state index in [1.165, 1.54) is 7.11 Å². The molecule has 0 N–H and O–H groups in total. The van der Waals surface area contributed by atoms with E-state index in [1.54, 1.807) is 30.3 Å². The zero-order valence-electron chi connectivity index (χ0n) is 10.5. The van der Waals surface area contributed by atoms with E-state index in [1.807, 2.05) is 0 Å². The molecule has 2 fully saturated rings. The fourth-order valence-corrected chi connectivity index (χ4v) is 2.65. The summed E-state index contributed by atoms with van der Waals surface area (Å²) in [5.74, 6) is -1.20. The van der Waals surface area contributed by atoms with Gasteiger partial charge in [-0.05, 0) is 25.0 Å². The molecule has 3 rings (SSSR count). The molecule has 1 heterocycles. The molecule has 1 unspecified atom stereocenters. The van der Waals surface area contributed by atoms with Crippen molar-refractivity contribution in [2.45, 2.75) is 18.9 Å². The number of esters is 1. The van der Waals surface area contributed by atoms with Gasteiger partial charge in [-0.3, -0.25) is 14.5 Å². The molecule has 0 aromatic heterocycles. The van der Waals surface area contributed by atoms with Gasteiger partial charge in [0, 0.05) is 5.56 Å². The van der Waals surface area contributed by atoms with Crippen LogP contribution >= 0.6 is 0 Å². The summed E-state index contributed by atoms with van der Waals surface area (Å²) in [6, 6.07) is 7.73. The van der Waals surface area contributed by atoms with Gasteiger partial charge in [-0.1, -0.05) is 18.2 Å². The smallest absolute Gasteiger partial charge is 0.330 e. The van der Waals surface area contributed by atoms with Crippen molar-refractivity contribution in [3.05, 3.63) is 35.9 Å². The molecule has 2 amide bonds. The third kappa shape index (κ3) is 1.51. The van der Waals surface area contributed by atoms with Gasteiger partial charge in [0.1, 0.15) is 0 Å². The van der Waals surface area contributed by atoms with Crippen LogP contribution in [-0.2, 0) is 14.3 Å². The Bertz CT molecular complexity index is 562. The van der Waals surface area contributed by atoms with E-state index in [0.29, 0.717) is 18.4 Å². The van der Waals surface area contributed by atoms with Crippen LogP contribution in [0.3, 0.4) is 0 Å². The van der Waals surface area contributed by atoms with Crippen molar-refractivity contribution < 1.29 is 19.1 Å². The van der Waals surface area contributed by atoms with Crippen molar-refractivity contribution in [1.82, 2.24) is 4.90 Å². The molecule has 5 nitrogen and oxygen atoms in total. The highest BCUT2D eigenvalue weighted by Crippen LogP contribution is 2.59. The van der Waals surface area contributed by atoms with E-state index in [0.717, 1.165) is 4.90 Å². The van der Waals surface area contributed by atoms with Crippen LogP contribution < -0.4 is 0 Å². The zero-order chi connectivity index (χ0) is 13.6. The number of amides is 2. The average Bonchev–Trinajstić information content (AvgIpc) is 3.26. The molecule has 0 radical (unpaired) electrons. The standard InChI is InChI=1S/C14H13NO4/c1-19-12(17)10-14(7-8-14)13(18)15(10)11(16)9-5-3-2-4-6-9/h2-6,10H,7-8H2,1H3. The lowest BCUT2D eigenvalue weighted by atomic mass is 9.83. The number of imide groups is 1. The summed E-state index contributed by atoms with van der Waals surface area (Å²) in [5.41, 5.74) is -0.252. The molecule has 1 atom stereocenters. The molecular weight excluding hydrogens is 246 g/mol. The SMILES string of the molecule is COC(=O)C1N(C(=O)c2ccccc2)C(=O)C12CC2. The number of methoxy groups -OCH3 is 1. The van der Waals surface area contributed by atoms with E-state index < -0.39 is 23.3 Å². The number of benzene rings is 1. The summed E-state index contributed by atoms with van der Waals surface area (Å²) in [4.78, 5) is 37.2. The minimum absolute atomic E-state index is 0.253. The number of nitrogens with zero attached hydrogens (tertiary/aromatic N) is 1. The molecule has 5 heteroatoms. The third-order valence-corrected chi connectivity index (χ3v) is 3.88. The second kappa shape index (κ2) is 3.91. The Morgan fingerprint density at radius 1 is 1.26 bits per heavy atom. The van der Waals surface area contributed by atoms with Gasteiger partial charge in [-0.25, -0.2) is 4.79 Å². The Balaban J connectivity index is 1.90. The predicted molar refractivity (Wildman–Crippen MR) is 65.1 cm³/mol. The monoisotopic (exact) mass is 259 g/mol. The first-order valence-electron chi connectivity index (χ1n) is 6.13. The number of rotatable bonds is 2. The van der Waals surface area contributed by atoms with E-state index >= 15 is 0 Å². The summed E-state index contributed by atoms with van der Waals surface area (Å²) in [7, 11) is 1.27. The van der Waals surface area contributed by atoms with Gasteiger partial charge >= 0.3 is 5.97 Å². The number of carbonyl (C=O) groups excluding carboxylic acids is 3. The van der Waals surface area contributed by atoms with E-state index in [4.69, 9.17) is 4.74 Å². The quantitative estimate of drug-likeness (QED) is 0.451. The summed E-state index contributed by atoms with van der Waals surface area (Å²) in [6.07, 6.45) is 1.31. The Kier molecular flexibility index (Phi) is 2.45. The van der Waals surface area contributed by atoms with Gasteiger partial charge in [0.25, 0.3) is 5.91 Å². The number of likely N-dealkylation sites (tertiary alicyclic amines) is 1. The normalized spacial score (nSPS) is 22.9. The Morgan fingerprint density at radius 3 is 2.42 bits per heavy atom. The number of carbonyl (C=O) groups is 3. The lowest BCUT2D eigenvalue weighted by molar-refractivity contribution is -0.170. The first-order chi connectivity index (χ1) is 9.12. The molecule has 1 spiro atoms. The van der Waals surface area contributed by atoms with Crippen LogP contribution in [0.15, 0.2) is 30.3 Å². The van der Waals surface area contributed by atoms with Crippen molar-refractivity contribution >= 4 is 17.8 Å². The number of hydrogen-bond donors (Lipinski definition) is 0. The second-order valence-corrected chi connectivity index (χ2v) is 4.93. The Morgan fingerprint density at radius 2 is 1.89 bits per heavy atom. The van der Waals surface area contributed by atoms with Crippen molar-refractivity contribution in [2.75, 3.05) is 7.11 Å². The van der Waals surface area contributed by atoms with Crippen LogP contribution in [0.5, 0.6) is 0 Å². The Hall–Kier alpha value is -2.17. The van der Waals surface area contributed by atoms with Crippen molar-refractivity contribution in [3.8, 4) is 0 Å². The summed E-state index contributed by atoms with van der Waals surface area (Å²) < 4.78 is 4.71. The summed E-state index contributed by atoms with van der Waals surface area (Å²) in [5, 5.41) is 0.